The zero-order valence-corrected chi connectivity index (χ0v) is 18.4. The second kappa shape index (κ2) is 8.86. The monoisotopic (exact) mass is 421 g/mol. The van der Waals surface area contributed by atoms with Crippen molar-refractivity contribution in [2.24, 2.45) is 5.41 Å². The van der Waals surface area contributed by atoms with E-state index in [1.165, 1.54) is 4.90 Å². The normalized spacial score (nSPS) is 17.3. The van der Waals surface area contributed by atoms with Crippen molar-refractivity contribution in [3.8, 4) is 0 Å². The number of benzene rings is 1. The molecule has 0 fully saturated rings. The van der Waals surface area contributed by atoms with Crippen LogP contribution in [0.2, 0.25) is 0 Å². The fraction of sp³-hybridized carbons (Fsp3) is 0.476. The largest absolute Gasteiger partial charge is 0.459 e. The Hall–Kier alpha value is -2.54. The molecule has 0 saturated heterocycles. The summed E-state index contributed by atoms with van der Waals surface area (Å²) in [7, 11) is 1.59. The third kappa shape index (κ3) is 5.09. The number of carbonyl (C=O) groups excluding carboxylic acids is 3. The first-order valence-corrected chi connectivity index (χ1v) is 9.94. The van der Waals surface area contributed by atoms with E-state index in [0.717, 1.165) is 0 Å². The smallest absolute Gasteiger partial charge is 0.338 e. The van der Waals surface area contributed by atoms with Gasteiger partial charge in [0.2, 0.25) is 5.91 Å². The highest BCUT2D eigenvalue weighted by molar-refractivity contribution is 6.20. The van der Waals surface area contributed by atoms with Crippen molar-refractivity contribution in [2.75, 3.05) is 18.2 Å². The highest BCUT2D eigenvalue weighted by Crippen LogP contribution is 2.32. The van der Waals surface area contributed by atoms with Crippen molar-refractivity contribution in [1.29, 1.82) is 0 Å². The van der Waals surface area contributed by atoms with Gasteiger partial charge in [-0.3, -0.25) is 4.79 Å². The maximum Gasteiger partial charge on any atom is 0.338 e. The average molecular weight is 422 g/mol. The molecule has 1 unspecified atom stereocenters. The van der Waals surface area contributed by atoms with E-state index in [1.54, 1.807) is 65.9 Å². The van der Waals surface area contributed by atoms with Gasteiger partial charge in [0.1, 0.15) is 0 Å². The van der Waals surface area contributed by atoms with Crippen LogP contribution < -0.4 is 10.6 Å². The third-order valence-corrected chi connectivity index (χ3v) is 5.41. The molecule has 0 spiro atoms. The summed E-state index contributed by atoms with van der Waals surface area (Å²) >= 11 is 5.88. The molecule has 158 valence electrons. The number of hydrogen-bond acceptors (Lipinski definition) is 4. The standard InChI is InChI=1S/C21H28ClN3O4/c1-12(2)29-18(26)16-13(3)25(6)20(28)24-17(16)14-8-7-9-15(10-14)23-19(27)21(4,5)11-22/h7-10,12,17H,11H2,1-6H3,(H,23,27)(H,24,28). The molecule has 1 aromatic rings. The molecule has 1 aliphatic rings. The summed E-state index contributed by atoms with van der Waals surface area (Å²) in [5, 5.41) is 5.67. The highest BCUT2D eigenvalue weighted by atomic mass is 35.5. The fourth-order valence-electron chi connectivity index (χ4n) is 2.78. The Morgan fingerprint density at radius 2 is 2.00 bits per heavy atom. The summed E-state index contributed by atoms with van der Waals surface area (Å²) < 4.78 is 5.39. The summed E-state index contributed by atoms with van der Waals surface area (Å²) in [6.45, 7) is 8.74. The average Bonchev–Trinajstić information content (AvgIpc) is 2.65. The molecule has 2 rings (SSSR count). The number of alkyl halides is 1. The lowest BCUT2D eigenvalue weighted by Gasteiger charge is -2.33. The van der Waals surface area contributed by atoms with Gasteiger partial charge in [-0.25, -0.2) is 9.59 Å². The number of nitrogens with zero attached hydrogens (tertiary/aromatic N) is 1. The minimum absolute atomic E-state index is 0.177. The van der Waals surface area contributed by atoms with Gasteiger partial charge in [-0.1, -0.05) is 12.1 Å². The molecule has 1 atom stereocenters. The van der Waals surface area contributed by atoms with E-state index in [1.807, 2.05) is 0 Å². The van der Waals surface area contributed by atoms with Crippen molar-refractivity contribution in [2.45, 2.75) is 46.8 Å². The number of anilines is 1. The predicted molar refractivity (Wildman–Crippen MR) is 113 cm³/mol. The third-order valence-electron chi connectivity index (χ3n) is 4.74. The van der Waals surface area contributed by atoms with Gasteiger partial charge in [-0.05, 0) is 52.3 Å². The van der Waals surface area contributed by atoms with Crippen LogP contribution in [0.3, 0.4) is 0 Å². The van der Waals surface area contributed by atoms with Gasteiger partial charge in [0.15, 0.2) is 0 Å². The van der Waals surface area contributed by atoms with Crippen LogP contribution in [0.1, 0.15) is 46.2 Å². The molecule has 3 amide bonds. The fourth-order valence-corrected chi connectivity index (χ4v) is 2.91. The van der Waals surface area contributed by atoms with E-state index >= 15 is 0 Å². The number of rotatable bonds is 6. The maximum absolute atomic E-state index is 12.7. The van der Waals surface area contributed by atoms with E-state index in [2.05, 4.69) is 10.6 Å². The predicted octanol–water partition coefficient (Wildman–Crippen LogP) is 3.81. The summed E-state index contributed by atoms with van der Waals surface area (Å²) in [5.41, 5.74) is 1.34. The number of nitrogens with one attached hydrogen (secondary N) is 2. The van der Waals surface area contributed by atoms with Gasteiger partial charge in [0.05, 0.1) is 23.1 Å². The van der Waals surface area contributed by atoms with Crippen LogP contribution in [-0.4, -0.2) is 41.8 Å². The summed E-state index contributed by atoms with van der Waals surface area (Å²) in [6, 6.07) is 5.99. The number of halogens is 1. The van der Waals surface area contributed by atoms with Crippen LogP contribution in [0.4, 0.5) is 10.5 Å². The van der Waals surface area contributed by atoms with Crippen molar-refractivity contribution >= 4 is 35.2 Å². The summed E-state index contributed by atoms with van der Waals surface area (Å²) in [5.74, 6) is -0.535. The van der Waals surface area contributed by atoms with Gasteiger partial charge in [-0.2, -0.15) is 0 Å². The van der Waals surface area contributed by atoms with Crippen molar-refractivity contribution in [3.63, 3.8) is 0 Å². The quantitative estimate of drug-likeness (QED) is 0.540. The minimum atomic E-state index is -0.734. The molecule has 0 saturated carbocycles. The summed E-state index contributed by atoms with van der Waals surface area (Å²) in [6.07, 6.45) is -0.296. The topological polar surface area (TPSA) is 87.7 Å². The Morgan fingerprint density at radius 3 is 2.59 bits per heavy atom. The van der Waals surface area contributed by atoms with E-state index < -0.39 is 17.4 Å². The van der Waals surface area contributed by atoms with Crippen LogP contribution in [0, 0.1) is 5.41 Å². The van der Waals surface area contributed by atoms with Gasteiger partial charge < -0.3 is 20.3 Å². The van der Waals surface area contributed by atoms with Crippen LogP contribution >= 0.6 is 11.6 Å². The molecule has 1 aromatic carbocycles. The Bertz CT molecular complexity index is 848. The van der Waals surface area contributed by atoms with Gasteiger partial charge in [0, 0.05) is 24.3 Å². The molecule has 1 aliphatic heterocycles. The zero-order valence-electron chi connectivity index (χ0n) is 17.6. The zero-order chi connectivity index (χ0) is 21.9. The molecular formula is C21H28ClN3O4. The van der Waals surface area contributed by atoms with Crippen LogP contribution in [0.5, 0.6) is 0 Å². The molecule has 7 nitrogen and oxygen atoms in total. The second-order valence-corrected chi connectivity index (χ2v) is 8.26. The lowest BCUT2D eigenvalue weighted by atomic mass is 9.93. The van der Waals surface area contributed by atoms with E-state index in [4.69, 9.17) is 16.3 Å². The molecule has 0 radical (unpaired) electrons. The Balaban J connectivity index is 2.42. The Labute approximate surface area is 176 Å². The SMILES string of the molecule is CC1=C(C(=O)OC(C)C)C(c2cccc(NC(=O)C(C)(C)CCl)c2)NC(=O)N1C. The molecule has 0 bridgehead atoms. The molecule has 29 heavy (non-hydrogen) atoms. The van der Waals surface area contributed by atoms with Crippen LogP contribution in [-0.2, 0) is 14.3 Å². The molecule has 2 N–H and O–H groups in total. The molecular weight excluding hydrogens is 394 g/mol. The number of esters is 1. The maximum atomic E-state index is 12.7. The number of urea groups is 1. The number of ether oxygens (including phenoxy) is 1. The minimum Gasteiger partial charge on any atom is -0.459 e. The first-order chi connectivity index (χ1) is 13.5. The van der Waals surface area contributed by atoms with E-state index in [-0.39, 0.29) is 23.9 Å². The molecule has 1 heterocycles. The number of hydrogen-bond donors (Lipinski definition) is 2. The van der Waals surface area contributed by atoms with Crippen molar-refractivity contribution in [1.82, 2.24) is 10.2 Å². The van der Waals surface area contributed by atoms with Gasteiger partial charge in [-0.15, -0.1) is 11.6 Å². The first-order valence-electron chi connectivity index (χ1n) is 9.41. The van der Waals surface area contributed by atoms with Crippen molar-refractivity contribution < 1.29 is 19.1 Å². The number of allylic oxidation sites excluding steroid dienone is 1. The molecule has 0 aromatic heterocycles. The second-order valence-electron chi connectivity index (χ2n) is 7.99. The molecule has 0 aliphatic carbocycles. The first kappa shape index (κ1) is 22.7. The number of carbonyl (C=O) groups is 3. The van der Waals surface area contributed by atoms with Gasteiger partial charge >= 0.3 is 12.0 Å². The molecule has 8 heteroatoms. The highest BCUT2D eigenvalue weighted by Gasteiger charge is 2.35. The van der Waals surface area contributed by atoms with E-state index in [9.17, 15) is 14.4 Å². The summed E-state index contributed by atoms with van der Waals surface area (Å²) in [4.78, 5) is 38.9. The van der Waals surface area contributed by atoms with Crippen molar-refractivity contribution in [3.05, 3.63) is 41.1 Å². The Kier molecular flexibility index (Phi) is 6.95. The number of amides is 3. The van der Waals surface area contributed by atoms with Crippen LogP contribution in [0.25, 0.3) is 0 Å². The van der Waals surface area contributed by atoms with Crippen LogP contribution in [0.15, 0.2) is 35.5 Å². The lowest BCUT2D eigenvalue weighted by molar-refractivity contribution is -0.143. The lowest BCUT2D eigenvalue weighted by Crippen LogP contribution is -2.46. The Morgan fingerprint density at radius 1 is 1.34 bits per heavy atom. The van der Waals surface area contributed by atoms with E-state index in [0.29, 0.717) is 22.5 Å². The van der Waals surface area contributed by atoms with Gasteiger partial charge in [0.25, 0.3) is 0 Å².